The fraction of sp³-hybridized carbons (Fsp3) is 0.385. The van der Waals surface area contributed by atoms with Crippen molar-refractivity contribution in [3.05, 3.63) is 24.3 Å². The van der Waals surface area contributed by atoms with Crippen LogP contribution < -0.4 is 15.4 Å². The second-order valence-electron chi connectivity index (χ2n) is 4.06. The molecule has 0 fully saturated rings. The van der Waals surface area contributed by atoms with E-state index in [0.717, 1.165) is 0 Å². The quantitative estimate of drug-likeness (QED) is 0.649. The van der Waals surface area contributed by atoms with Crippen LogP contribution in [-0.4, -0.2) is 24.8 Å². The van der Waals surface area contributed by atoms with Crippen LogP contribution in [0.5, 0.6) is 5.75 Å². The minimum absolute atomic E-state index is 0.0615. The van der Waals surface area contributed by atoms with E-state index in [2.05, 4.69) is 15.4 Å². The lowest BCUT2D eigenvalue weighted by Crippen LogP contribution is -2.34. The molecule has 0 saturated heterocycles. The van der Waals surface area contributed by atoms with Crippen LogP contribution in [0.1, 0.15) is 20.8 Å². The topological polar surface area (TPSA) is 76.7 Å². The highest BCUT2D eigenvalue weighted by atomic mass is 16.7. The lowest BCUT2D eigenvalue weighted by Gasteiger charge is -2.10. The number of anilines is 1. The second kappa shape index (κ2) is 7.25. The number of nitrogens with one attached hydrogen (secondary N) is 2. The molecule has 104 valence electrons. The summed E-state index contributed by atoms with van der Waals surface area (Å²) >= 11 is 0. The first-order valence-electron chi connectivity index (χ1n) is 6.03. The molecular weight excluding hydrogens is 248 g/mol. The van der Waals surface area contributed by atoms with Gasteiger partial charge < -0.3 is 20.1 Å². The molecule has 0 aromatic heterocycles. The lowest BCUT2D eigenvalue weighted by molar-refractivity contribution is 0.104. The van der Waals surface area contributed by atoms with E-state index in [1.54, 1.807) is 31.2 Å². The summed E-state index contributed by atoms with van der Waals surface area (Å²) < 4.78 is 9.53. The van der Waals surface area contributed by atoms with Crippen molar-refractivity contribution in [3.63, 3.8) is 0 Å². The van der Waals surface area contributed by atoms with E-state index in [1.165, 1.54) is 0 Å². The van der Waals surface area contributed by atoms with Gasteiger partial charge in [-0.3, -0.25) is 0 Å². The van der Waals surface area contributed by atoms with Crippen molar-refractivity contribution in [3.8, 4) is 5.75 Å². The Bertz CT molecular complexity index is 429. The molecule has 0 aliphatic heterocycles. The van der Waals surface area contributed by atoms with Gasteiger partial charge in [-0.25, -0.2) is 9.59 Å². The van der Waals surface area contributed by atoms with Crippen molar-refractivity contribution >= 4 is 17.9 Å². The number of hydrogen-bond donors (Lipinski definition) is 2. The van der Waals surface area contributed by atoms with Gasteiger partial charge in [-0.2, -0.15) is 0 Å². The first-order valence-corrected chi connectivity index (χ1v) is 6.03. The van der Waals surface area contributed by atoms with Crippen LogP contribution in [0.15, 0.2) is 24.3 Å². The van der Waals surface area contributed by atoms with E-state index in [4.69, 9.17) is 4.74 Å². The molecule has 0 saturated carbocycles. The molecule has 0 unspecified atom stereocenters. The van der Waals surface area contributed by atoms with Crippen molar-refractivity contribution in [2.45, 2.75) is 26.8 Å². The molecule has 0 aliphatic carbocycles. The van der Waals surface area contributed by atoms with Crippen LogP contribution in [0.4, 0.5) is 15.3 Å². The third kappa shape index (κ3) is 5.76. The fourth-order valence-corrected chi connectivity index (χ4v) is 1.28. The maximum absolute atomic E-state index is 11.4. The number of rotatable bonds is 4. The number of carbonyl (C=O) groups excluding carboxylic acids is 2. The molecule has 0 radical (unpaired) electrons. The standard InChI is InChI=1S/C13H18N2O4/c1-4-18-13(17)19-11-7-5-10(6-8-11)15-12(16)14-9(2)3/h5-9H,4H2,1-3H3,(H2,14,15,16). The van der Waals surface area contributed by atoms with Crippen LogP contribution in [0.3, 0.4) is 0 Å². The van der Waals surface area contributed by atoms with Gasteiger partial charge in [0.15, 0.2) is 0 Å². The van der Waals surface area contributed by atoms with Crippen molar-refractivity contribution in [2.75, 3.05) is 11.9 Å². The zero-order valence-electron chi connectivity index (χ0n) is 11.2. The summed E-state index contributed by atoms with van der Waals surface area (Å²) in [5.74, 6) is 0.355. The molecule has 1 aromatic carbocycles. The largest absolute Gasteiger partial charge is 0.513 e. The lowest BCUT2D eigenvalue weighted by atomic mass is 10.3. The maximum atomic E-state index is 11.4. The fourth-order valence-electron chi connectivity index (χ4n) is 1.28. The SMILES string of the molecule is CCOC(=O)Oc1ccc(NC(=O)NC(C)C)cc1. The molecule has 0 bridgehead atoms. The minimum Gasteiger partial charge on any atom is -0.434 e. The van der Waals surface area contributed by atoms with E-state index < -0.39 is 6.16 Å². The van der Waals surface area contributed by atoms with E-state index in [9.17, 15) is 9.59 Å². The Morgan fingerprint density at radius 3 is 2.37 bits per heavy atom. The minimum atomic E-state index is -0.749. The molecule has 0 atom stereocenters. The van der Waals surface area contributed by atoms with Gasteiger partial charge in [0.1, 0.15) is 5.75 Å². The summed E-state index contributed by atoms with van der Waals surface area (Å²) in [6.45, 7) is 5.70. The number of amides is 2. The Labute approximate surface area is 112 Å². The summed E-state index contributed by atoms with van der Waals surface area (Å²) in [6.07, 6.45) is -0.749. The molecule has 19 heavy (non-hydrogen) atoms. The Hall–Kier alpha value is -2.24. The molecular formula is C13H18N2O4. The van der Waals surface area contributed by atoms with Gasteiger partial charge in [0.25, 0.3) is 0 Å². The Morgan fingerprint density at radius 1 is 1.21 bits per heavy atom. The monoisotopic (exact) mass is 266 g/mol. The normalized spacial score (nSPS) is 9.89. The number of ether oxygens (including phenoxy) is 2. The highest BCUT2D eigenvalue weighted by Crippen LogP contribution is 2.16. The summed E-state index contributed by atoms with van der Waals surface area (Å²) in [7, 11) is 0. The van der Waals surface area contributed by atoms with Gasteiger partial charge in [0, 0.05) is 11.7 Å². The van der Waals surface area contributed by atoms with Crippen molar-refractivity contribution in [2.24, 2.45) is 0 Å². The van der Waals surface area contributed by atoms with Gasteiger partial charge in [-0.1, -0.05) is 0 Å². The van der Waals surface area contributed by atoms with Gasteiger partial charge in [0.05, 0.1) is 6.61 Å². The Morgan fingerprint density at radius 2 is 1.84 bits per heavy atom. The number of hydrogen-bond acceptors (Lipinski definition) is 4. The molecule has 0 heterocycles. The van der Waals surface area contributed by atoms with E-state index in [1.807, 2.05) is 13.8 Å². The molecule has 0 spiro atoms. The van der Waals surface area contributed by atoms with Gasteiger partial charge in [-0.05, 0) is 45.0 Å². The van der Waals surface area contributed by atoms with Crippen LogP contribution in [0.25, 0.3) is 0 Å². The van der Waals surface area contributed by atoms with Crippen LogP contribution in [0.2, 0.25) is 0 Å². The highest BCUT2D eigenvalue weighted by Gasteiger charge is 2.06. The Balaban J connectivity index is 2.52. The van der Waals surface area contributed by atoms with Gasteiger partial charge in [0.2, 0.25) is 0 Å². The maximum Gasteiger partial charge on any atom is 0.513 e. The molecule has 1 rings (SSSR count). The van der Waals surface area contributed by atoms with Crippen LogP contribution in [-0.2, 0) is 4.74 Å². The molecule has 2 N–H and O–H groups in total. The van der Waals surface area contributed by atoms with Crippen LogP contribution in [0, 0.1) is 0 Å². The molecule has 0 aliphatic rings. The Kier molecular flexibility index (Phi) is 5.66. The predicted molar refractivity (Wildman–Crippen MR) is 71.4 cm³/mol. The summed E-state index contributed by atoms with van der Waals surface area (Å²) in [4.78, 5) is 22.5. The first-order chi connectivity index (χ1) is 9.01. The molecule has 6 nitrogen and oxygen atoms in total. The predicted octanol–water partition coefficient (Wildman–Crippen LogP) is 2.75. The number of benzene rings is 1. The zero-order chi connectivity index (χ0) is 14.3. The average Bonchev–Trinajstić information content (AvgIpc) is 2.31. The highest BCUT2D eigenvalue weighted by molar-refractivity contribution is 5.89. The third-order valence-corrected chi connectivity index (χ3v) is 2.00. The summed E-state index contributed by atoms with van der Waals surface area (Å²) in [6, 6.07) is 6.19. The van der Waals surface area contributed by atoms with Gasteiger partial charge in [-0.15, -0.1) is 0 Å². The van der Waals surface area contributed by atoms with Crippen molar-refractivity contribution in [1.82, 2.24) is 5.32 Å². The smallest absolute Gasteiger partial charge is 0.434 e. The first kappa shape index (κ1) is 14.8. The average molecular weight is 266 g/mol. The molecule has 1 aromatic rings. The zero-order valence-corrected chi connectivity index (χ0v) is 11.2. The number of carbonyl (C=O) groups is 2. The van der Waals surface area contributed by atoms with E-state index in [-0.39, 0.29) is 18.7 Å². The van der Waals surface area contributed by atoms with Crippen LogP contribution >= 0.6 is 0 Å². The van der Waals surface area contributed by atoms with E-state index in [0.29, 0.717) is 11.4 Å². The summed E-state index contributed by atoms with van der Waals surface area (Å²) in [5.41, 5.74) is 0.606. The summed E-state index contributed by atoms with van der Waals surface area (Å²) in [5, 5.41) is 5.36. The van der Waals surface area contributed by atoms with Crippen molar-refractivity contribution in [1.29, 1.82) is 0 Å². The second-order valence-corrected chi connectivity index (χ2v) is 4.06. The molecule has 2 amide bonds. The number of urea groups is 1. The third-order valence-electron chi connectivity index (χ3n) is 2.00. The van der Waals surface area contributed by atoms with E-state index >= 15 is 0 Å². The molecule has 6 heteroatoms. The van der Waals surface area contributed by atoms with Gasteiger partial charge >= 0.3 is 12.2 Å². The van der Waals surface area contributed by atoms with Crippen molar-refractivity contribution < 1.29 is 19.1 Å².